The van der Waals surface area contributed by atoms with Crippen molar-refractivity contribution in [1.82, 2.24) is 20.1 Å². The zero-order valence-corrected chi connectivity index (χ0v) is 18.0. The number of para-hydroxylation sites is 2. The average Bonchev–Trinajstić information content (AvgIpc) is 3.33. The third-order valence-electron chi connectivity index (χ3n) is 4.83. The van der Waals surface area contributed by atoms with Crippen molar-refractivity contribution in [2.75, 3.05) is 13.7 Å². The highest BCUT2D eigenvalue weighted by Crippen LogP contribution is 2.21. The first-order valence-electron chi connectivity index (χ1n) is 10.3. The third kappa shape index (κ3) is 5.24. The number of nitrogens with one attached hydrogen (secondary N) is 1. The van der Waals surface area contributed by atoms with Crippen molar-refractivity contribution >= 4 is 11.9 Å². The van der Waals surface area contributed by atoms with E-state index in [1.807, 2.05) is 78.9 Å². The first-order chi connectivity index (χ1) is 16.2. The summed E-state index contributed by atoms with van der Waals surface area (Å²) in [5.41, 5.74) is 2.36. The number of esters is 1. The number of hydrogen-bond donors (Lipinski definition) is 1. The Labute approximate surface area is 190 Å². The van der Waals surface area contributed by atoms with Gasteiger partial charge in [0.25, 0.3) is 11.7 Å². The molecule has 0 fully saturated rings. The van der Waals surface area contributed by atoms with Gasteiger partial charge in [-0.1, -0.05) is 66.7 Å². The smallest absolute Gasteiger partial charge is 0.378 e. The molecule has 0 aliphatic carbocycles. The predicted molar refractivity (Wildman–Crippen MR) is 122 cm³/mol. The fourth-order valence-corrected chi connectivity index (χ4v) is 3.21. The van der Waals surface area contributed by atoms with E-state index in [4.69, 9.17) is 9.47 Å². The minimum Gasteiger partial charge on any atom is -0.496 e. The quantitative estimate of drug-likeness (QED) is 0.420. The van der Waals surface area contributed by atoms with Gasteiger partial charge in [0.1, 0.15) is 5.75 Å². The van der Waals surface area contributed by atoms with E-state index in [0.29, 0.717) is 11.6 Å². The molecule has 3 aromatic carbocycles. The monoisotopic (exact) mass is 442 g/mol. The zero-order valence-electron chi connectivity index (χ0n) is 18.0. The van der Waals surface area contributed by atoms with Gasteiger partial charge in [0.15, 0.2) is 12.4 Å². The summed E-state index contributed by atoms with van der Waals surface area (Å²) in [6.45, 7) is -0.200. The largest absolute Gasteiger partial charge is 0.496 e. The van der Waals surface area contributed by atoms with Crippen LogP contribution in [-0.2, 0) is 16.1 Å². The van der Waals surface area contributed by atoms with Crippen molar-refractivity contribution in [3.8, 4) is 22.8 Å². The molecule has 0 atom stereocenters. The second-order valence-corrected chi connectivity index (χ2v) is 7.04. The van der Waals surface area contributed by atoms with Crippen LogP contribution in [0.4, 0.5) is 0 Å². The highest BCUT2D eigenvalue weighted by Gasteiger charge is 2.20. The van der Waals surface area contributed by atoms with Crippen LogP contribution in [0, 0.1) is 0 Å². The average molecular weight is 442 g/mol. The summed E-state index contributed by atoms with van der Waals surface area (Å²) in [5, 5.41) is 7.04. The number of carbonyl (C=O) groups is 2. The van der Waals surface area contributed by atoms with Gasteiger partial charge in [0.05, 0.1) is 12.8 Å². The standard InChI is InChI=1S/C25H22N4O4/c1-32-21-15-9-8-12-19(21)16-26-22(30)17-33-25(31)23-27-24(18-10-4-2-5-11-18)29(28-23)20-13-6-3-7-14-20/h2-15H,16-17H2,1H3,(H,26,30). The molecule has 1 heterocycles. The van der Waals surface area contributed by atoms with Crippen LogP contribution < -0.4 is 10.1 Å². The van der Waals surface area contributed by atoms with Gasteiger partial charge in [-0.05, 0) is 18.2 Å². The minimum atomic E-state index is -0.783. The lowest BCUT2D eigenvalue weighted by Crippen LogP contribution is -2.28. The second kappa shape index (κ2) is 10.2. The first-order valence-corrected chi connectivity index (χ1v) is 10.3. The second-order valence-electron chi connectivity index (χ2n) is 7.04. The molecule has 0 unspecified atom stereocenters. The van der Waals surface area contributed by atoms with Crippen molar-refractivity contribution in [3.05, 3.63) is 96.3 Å². The molecule has 0 radical (unpaired) electrons. The fraction of sp³-hybridized carbons (Fsp3) is 0.120. The molecular formula is C25H22N4O4. The fourth-order valence-electron chi connectivity index (χ4n) is 3.21. The number of rotatable bonds is 8. The number of aromatic nitrogens is 3. The van der Waals surface area contributed by atoms with Crippen LogP contribution in [0.25, 0.3) is 17.1 Å². The summed E-state index contributed by atoms with van der Waals surface area (Å²) >= 11 is 0. The summed E-state index contributed by atoms with van der Waals surface area (Å²) in [4.78, 5) is 29.2. The van der Waals surface area contributed by atoms with Gasteiger partial charge in [0, 0.05) is 17.7 Å². The molecule has 0 saturated carbocycles. The van der Waals surface area contributed by atoms with E-state index in [1.54, 1.807) is 17.9 Å². The van der Waals surface area contributed by atoms with Crippen LogP contribution in [0.2, 0.25) is 0 Å². The SMILES string of the molecule is COc1ccccc1CNC(=O)COC(=O)c1nc(-c2ccccc2)n(-c2ccccc2)n1. The van der Waals surface area contributed by atoms with E-state index in [2.05, 4.69) is 15.4 Å². The van der Waals surface area contributed by atoms with Gasteiger partial charge in [-0.3, -0.25) is 4.79 Å². The number of amides is 1. The van der Waals surface area contributed by atoms with E-state index in [1.165, 1.54) is 0 Å². The van der Waals surface area contributed by atoms with Gasteiger partial charge in [-0.15, -0.1) is 5.10 Å². The van der Waals surface area contributed by atoms with Gasteiger partial charge in [0.2, 0.25) is 0 Å². The van der Waals surface area contributed by atoms with E-state index >= 15 is 0 Å². The molecule has 0 spiro atoms. The number of benzene rings is 3. The van der Waals surface area contributed by atoms with Gasteiger partial charge in [-0.25, -0.2) is 14.5 Å². The highest BCUT2D eigenvalue weighted by atomic mass is 16.5. The lowest BCUT2D eigenvalue weighted by Gasteiger charge is -2.09. The summed E-state index contributed by atoms with van der Waals surface area (Å²) in [7, 11) is 1.56. The van der Waals surface area contributed by atoms with Crippen LogP contribution in [0.3, 0.4) is 0 Å². The summed E-state index contributed by atoms with van der Waals surface area (Å²) in [6, 6.07) is 26.1. The zero-order chi connectivity index (χ0) is 23.0. The normalized spacial score (nSPS) is 10.5. The molecule has 33 heavy (non-hydrogen) atoms. The number of ether oxygens (including phenoxy) is 2. The van der Waals surface area contributed by atoms with Crippen molar-refractivity contribution in [1.29, 1.82) is 0 Å². The van der Waals surface area contributed by atoms with Crippen molar-refractivity contribution in [2.45, 2.75) is 6.54 Å². The van der Waals surface area contributed by atoms with Gasteiger partial charge >= 0.3 is 5.97 Å². The van der Waals surface area contributed by atoms with Crippen molar-refractivity contribution in [2.24, 2.45) is 0 Å². The molecule has 0 saturated heterocycles. The molecule has 1 aromatic heterocycles. The summed E-state index contributed by atoms with van der Waals surface area (Å²) in [5.74, 6) is -0.196. The first kappa shape index (κ1) is 21.8. The number of hydrogen-bond acceptors (Lipinski definition) is 6. The molecule has 1 N–H and O–H groups in total. The summed E-state index contributed by atoms with van der Waals surface area (Å²) < 4.78 is 12.0. The lowest BCUT2D eigenvalue weighted by atomic mass is 10.2. The lowest BCUT2D eigenvalue weighted by molar-refractivity contribution is -0.124. The molecule has 4 rings (SSSR count). The molecule has 0 aliphatic heterocycles. The van der Waals surface area contributed by atoms with E-state index < -0.39 is 18.5 Å². The Bertz CT molecular complexity index is 1180. The van der Waals surface area contributed by atoms with Crippen LogP contribution in [-0.4, -0.2) is 40.4 Å². The van der Waals surface area contributed by atoms with E-state index in [9.17, 15) is 9.59 Å². The molecule has 4 aromatic rings. The van der Waals surface area contributed by atoms with E-state index in [-0.39, 0.29) is 12.4 Å². The van der Waals surface area contributed by atoms with Gasteiger partial charge < -0.3 is 14.8 Å². The van der Waals surface area contributed by atoms with Crippen molar-refractivity contribution in [3.63, 3.8) is 0 Å². The van der Waals surface area contributed by atoms with Crippen LogP contribution >= 0.6 is 0 Å². The van der Waals surface area contributed by atoms with Crippen molar-refractivity contribution < 1.29 is 19.1 Å². The Morgan fingerprint density at radius 1 is 0.909 bits per heavy atom. The van der Waals surface area contributed by atoms with Crippen LogP contribution in [0.5, 0.6) is 5.75 Å². The van der Waals surface area contributed by atoms with Crippen LogP contribution in [0.1, 0.15) is 16.2 Å². The maximum absolute atomic E-state index is 12.6. The Kier molecular flexibility index (Phi) is 6.75. The number of methoxy groups -OCH3 is 1. The Morgan fingerprint density at radius 3 is 2.30 bits per heavy atom. The van der Waals surface area contributed by atoms with Gasteiger partial charge in [-0.2, -0.15) is 0 Å². The molecule has 8 heteroatoms. The third-order valence-corrected chi connectivity index (χ3v) is 4.83. The molecule has 0 bridgehead atoms. The topological polar surface area (TPSA) is 95.3 Å². The maximum atomic E-state index is 12.6. The number of nitrogens with zero attached hydrogens (tertiary/aromatic N) is 3. The summed E-state index contributed by atoms with van der Waals surface area (Å²) in [6.07, 6.45) is 0. The van der Waals surface area contributed by atoms with Crippen LogP contribution in [0.15, 0.2) is 84.9 Å². The maximum Gasteiger partial charge on any atom is 0.378 e. The molecule has 1 amide bonds. The Balaban J connectivity index is 1.45. The predicted octanol–water partition coefficient (Wildman–Crippen LogP) is 3.42. The number of carbonyl (C=O) groups excluding carboxylic acids is 2. The molecule has 8 nitrogen and oxygen atoms in total. The Hall–Kier alpha value is -4.46. The molecule has 0 aliphatic rings. The highest BCUT2D eigenvalue weighted by molar-refractivity contribution is 5.88. The Morgan fingerprint density at radius 2 is 1.58 bits per heavy atom. The minimum absolute atomic E-state index is 0.129. The molecular weight excluding hydrogens is 420 g/mol. The van der Waals surface area contributed by atoms with E-state index in [0.717, 1.165) is 16.8 Å². The molecule has 166 valence electrons.